The molecular formula is C15H16ClN3O3. The smallest absolute Gasteiger partial charge is 0.274 e. The van der Waals surface area contributed by atoms with E-state index in [1.54, 1.807) is 32.4 Å². The molecule has 6 nitrogen and oxygen atoms in total. The molecule has 2 aromatic rings. The van der Waals surface area contributed by atoms with E-state index in [-0.39, 0.29) is 17.2 Å². The number of aromatic nitrogens is 2. The zero-order chi connectivity index (χ0) is 16.3. The molecule has 0 fully saturated rings. The van der Waals surface area contributed by atoms with Crippen molar-refractivity contribution in [3.8, 4) is 5.75 Å². The van der Waals surface area contributed by atoms with E-state index in [2.05, 4.69) is 5.10 Å². The fourth-order valence-corrected chi connectivity index (χ4v) is 2.20. The molecule has 0 aliphatic carbocycles. The van der Waals surface area contributed by atoms with Gasteiger partial charge in [0.05, 0.1) is 7.11 Å². The second-order valence-corrected chi connectivity index (χ2v) is 5.23. The highest BCUT2D eigenvalue weighted by Crippen LogP contribution is 2.24. The second-order valence-electron chi connectivity index (χ2n) is 4.80. The van der Waals surface area contributed by atoms with Gasteiger partial charge in [0.1, 0.15) is 11.4 Å². The van der Waals surface area contributed by atoms with Gasteiger partial charge in [0.15, 0.2) is 0 Å². The summed E-state index contributed by atoms with van der Waals surface area (Å²) in [4.78, 5) is 25.2. The Kier molecular flexibility index (Phi) is 4.82. The highest BCUT2D eigenvalue weighted by Gasteiger charge is 2.16. The van der Waals surface area contributed by atoms with E-state index in [0.717, 1.165) is 10.2 Å². The van der Waals surface area contributed by atoms with Crippen LogP contribution in [0.3, 0.4) is 0 Å². The standard InChI is InChI=1S/C15H16ClN3O3/c1-18(9-10-8-11(16)4-6-13(10)22-3)15(21)12-5-7-14(20)19(2)17-12/h4-8H,9H2,1-3H3. The van der Waals surface area contributed by atoms with Gasteiger partial charge in [-0.3, -0.25) is 9.59 Å². The second kappa shape index (κ2) is 6.62. The molecule has 0 radical (unpaired) electrons. The molecular weight excluding hydrogens is 306 g/mol. The molecule has 7 heteroatoms. The Labute approximate surface area is 132 Å². The minimum Gasteiger partial charge on any atom is -0.496 e. The average Bonchev–Trinajstić information content (AvgIpc) is 2.49. The van der Waals surface area contributed by atoms with Crippen molar-refractivity contribution in [2.75, 3.05) is 14.2 Å². The minimum atomic E-state index is -0.294. The van der Waals surface area contributed by atoms with Gasteiger partial charge in [0.25, 0.3) is 11.5 Å². The maximum atomic E-state index is 12.4. The molecule has 116 valence electrons. The summed E-state index contributed by atoms with van der Waals surface area (Å²) >= 11 is 5.98. The van der Waals surface area contributed by atoms with E-state index >= 15 is 0 Å². The summed E-state index contributed by atoms with van der Waals surface area (Å²) in [7, 11) is 4.71. The van der Waals surface area contributed by atoms with Gasteiger partial charge in [-0.25, -0.2) is 4.68 Å². The van der Waals surface area contributed by atoms with Crippen LogP contribution < -0.4 is 10.3 Å². The molecule has 0 saturated carbocycles. The van der Waals surface area contributed by atoms with Crippen LogP contribution in [-0.4, -0.2) is 34.7 Å². The molecule has 1 aromatic heterocycles. The third-order valence-electron chi connectivity index (χ3n) is 3.18. The summed E-state index contributed by atoms with van der Waals surface area (Å²) < 4.78 is 6.39. The van der Waals surface area contributed by atoms with Crippen LogP contribution in [0.5, 0.6) is 5.75 Å². The van der Waals surface area contributed by atoms with Crippen molar-refractivity contribution < 1.29 is 9.53 Å². The number of rotatable bonds is 4. The molecule has 0 aliphatic heterocycles. The normalized spacial score (nSPS) is 10.4. The molecule has 0 saturated heterocycles. The van der Waals surface area contributed by atoms with Gasteiger partial charge in [0, 0.05) is 37.3 Å². The summed E-state index contributed by atoms with van der Waals surface area (Å²) in [6.07, 6.45) is 0. The van der Waals surface area contributed by atoms with Crippen molar-refractivity contribution in [1.29, 1.82) is 0 Å². The van der Waals surface area contributed by atoms with E-state index in [9.17, 15) is 9.59 Å². The lowest BCUT2D eigenvalue weighted by molar-refractivity contribution is 0.0776. The van der Waals surface area contributed by atoms with Crippen LogP contribution >= 0.6 is 11.6 Å². The number of ether oxygens (including phenoxy) is 1. The van der Waals surface area contributed by atoms with Crippen molar-refractivity contribution in [2.24, 2.45) is 7.05 Å². The maximum absolute atomic E-state index is 12.4. The highest BCUT2D eigenvalue weighted by molar-refractivity contribution is 6.30. The largest absolute Gasteiger partial charge is 0.496 e. The summed E-state index contributed by atoms with van der Waals surface area (Å²) in [5, 5.41) is 4.52. The van der Waals surface area contributed by atoms with Gasteiger partial charge in [-0.1, -0.05) is 11.6 Å². The zero-order valence-corrected chi connectivity index (χ0v) is 13.3. The Bertz CT molecular complexity index is 758. The van der Waals surface area contributed by atoms with E-state index in [4.69, 9.17) is 16.3 Å². The van der Waals surface area contributed by atoms with E-state index < -0.39 is 0 Å². The van der Waals surface area contributed by atoms with Crippen LogP contribution in [0, 0.1) is 0 Å². The van der Waals surface area contributed by atoms with E-state index in [1.165, 1.54) is 24.1 Å². The number of methoxy groups -OCH3 is 1. The Morgan fingerprint density at radius 2 is 2.09 bits per heavy atom. The summed E-state index contributed by atoms with van der Waals surface area (Å²) in [6, 6.07) is 7.95. The van der Waals surface area contributed by atoms with Gasteiger partial charge >= 0.3 is 0 Å². The number of benzene rings is 1. The first-order valence-corrected chi connectivity index (χ1v) is 6.92. The number of carbonyl (C=O) groups is 1. The number of nitrogens with zero attached hydrogens (tertiary/aromatic N) is 3. The molecule has 1 amide bonds. The average molecular weight is 322 g/mol. The summed E-state index contributed by atoms with van der Waals surface area (Å²) in [5.74, 6) is 0.357. The SMILES string of the molecule is COc1ccc(Cl)cc1CN(C)C(=O)c1ccc(=O)n(C)n1. The van der Waals surface area contributed by atoms with Gasteiger partial charge in [-0.2, -0.15) is 5.10 Å². The van der Waals surface area contributed by atoms with Gasteiger partial charge < -0.3 is 9.64 Å². The predicted octanol–water partition coefficient (Wildman–Crippen LogP) is 1.71. The number of hydrogen-bond acceptors (Lipinski definition) is 4. The number of aryl methyl sites for hydroxylation is 1. The van der Waals surface area contributed by atoms with Crippen LogP contribution in [-0.2, 0) is 13.6 Å². The van der Waals surface area contributed by atoms with Crippen LogP contribution in [0.1, 0.15) is 16.1 Å². The van der Waals surface area contributed by atoms with Gasteiger partial charge in [0.2, 0.25) is 0 Å². The first kappa shape index (κ1) is 16.0. The van der Waals surface area contributed by atoms with Gasteiger partial charge in [-0.05, 0) is 24.3 Å². The van der Waals surface area contributed by atoms with E-state index in [1.807, 2.05) is 0 Å². The first-order chi connectivity index (χ1) is 10.4. The molecule has 0 N–H and O–H groups in total. The first-order valence-electron chi connectivity index (χ1n) is 6.54. The lowest BCUT2D eigenvalue weighted by Crippen LogP contribution is -2.30. The Morgan fingerprint density at radius 1 is 1.36 bits per heavy atom. The van der Waals surface area contributed by atoms with Gasteiger partial charge in [-0.15, -0.1) is 0 Å². The summed E-state index contributed by atoms with van der Waals surface area (Å²) in [6.45, 7) is 0.313. The third-order valence-corrected chi connectivity index (χ3v) is 3.41. The molecule has 0 unspecified atom stereocenters. The van der Waals surface area contributed by atoms with Crippen molar-refractivity contribution in [3.05, 3.63) is 57.0 Å². The van der Waals surface area contributed by atoms with Crippen LogP contribution in [0.25, 0.3) is 0 Å². The van der Waals surface area contributed by atoms with Crippen LogP contribution in [0.15, 0.2) is 35.1 Å². The van der Waals surface area contributed by atoms with Crippen LogP contribution in [0.4, 0.5) is 0 Å². The van der Waals surface area contributed by atoms with E-state index in [0.29, 0.717) is 17.3 Å². The number of halogens is 1. The fraction of sp³-hybridized carbons (Fsp3) is 0.267. The monoisotopic (exact) mass is 321 g/mol. The Morgan fingerprint density at radius 3 is 2.73 bits per heavy atom. The lowest BCUT2D eigenvalue weighted by Gasteiger charge is -2.18. The zero-order valence-electron chi connectivity index (χ0n) is 12.5. The minimum absolute atomic E-state index is 0.200. The van der Waals surface area contributed by atoms with Crippen LogP contribution in [0.2, 0.25) is 5.02 Å². The topological polar surface area (TPSA) is 64.4 Å². The Hall–Kier alpha value is -2.34. The number of hydrogen-bond donors (Lipinski definition) is 0. The molecule has 1 aromatic carbocycles. The molecule has 22 heavy (non-hydrogen) atoms. The van der Waals surface area contributed by atoms with Crippen molar-refractivity contribution in [1.82, 2.24) is 14.7 Å². The summed E-state index contributed by atoms with van der Waals surface area (Å²) in [5.41, 5.74) is 0.719. The number of carbonyl (C=O) groups excluding carboxylic acids is 1. The Balaban J connectivity index is 2.23. The third kappa shape index (κ3) is 3.46. The lowest BCUT2D eigenvalue weighted by atomic mass is 10.2. The number of amides is 1. The fourth-order valence-electron chi connectivity index (χ4n) is 2.01. The molecule has 1 heterocycles. The molecule has 0 spiro atoms. The molecule has 0 bridgehead atoms. The quantitative estimate of drug-likeness (QED) is 0.860. The maximum Gasteiger partial charge on any atom is 0.274 e. The van der Waals surface area contributed by atoms with Crippen molar-refractivity contribution in [2.45, 2.75) is 6.54 Å². The molecule has 2 rings (SSSR count). The molecule has 0 atom stereocenters. The van der Waals surface area contributed by atoms with Crippen molar-refractivity contribution >= 4 is 17.5 Å². The highest BCUT2D eigenvalue weighted by atomic mass is 35.5. The predicted molar refractivity (Wildman–Crippen MR) is 83.3 cm³/mol. The van der Waals surface area contributed by atoms with Crippen molar-refractivity contribution in [3.63, 3.8) is 0 Å². The molecule has 0 aliphatic rings.